The van der Waals surface area contributed by atoms with E-state index in [1.54, 1.807) is 0 Å². The molecule has 13 N–H and O–H groups in total. The first-order valence-corrected chi connectivity index (χ1v) is 8.15. The van der Waals surface area contributed by atoms with Gasteiger partial charge in [-0.3, -0.25) is 24.2 Å². The molecule has 0 rings (SSSR count). The van der Waals surface area contributed by atoms with E-state index in [1.165, 1.54) is 0 Å². The van der Waals surface area contributed by atoms with Crippen LogP contribution in [-0.4, -0.2) is 65.3 Å². The number of hydrogen-bond donors (Lipinski definition) is 8. The minimum absolute atomic E-state index is 0.0176. The van der Waals surface area contributed by atoms with Crippen molar-refractivity contribution in [2.75, 3.05) is 6.54 Å². The zero-order valence-electron chi connectivity index (χ0n) is 15.1. The Morgan fingerprint density at radius 1 is 0.857 bits per heavy atom. The van der Waals surface area contributed by atoms with Gasteiger partial charge in [-0.1, -0.05) is 0 Å². The number of nitrogens with two attached hydrogens (primary N) is 5. The van der Waals surface area contributed by atoms with Crippen LogP contribution in [0, 0.1) is 0 Å². The molecule has 0 heterocycles. The summed E-state index contributed by atoms with van der Waals surface area (Å²) in [5, 5.41) is 13.6. The van der Waals surface area contributed by atoms with Crippen molar-refractivity contribution in [3.63, 3.8) is 0 Å². The van der Waals surface area contributed by atoms with Crippen molar-refractivity contribution in [2.45, 2.75) is 43.8 Å². The van der Waals surface area contributed by atoms with E-state index in [0.717, 1.165) is 0 Å². The van der Waals surface area contributed by atoms with Crippen LogP contribution in [-0.2, 0) is 24.0 Å². The Labute approximate surface area is 160 Å². The third-order valence-electron chi connectivity index (χ3n) is 3.36. The highest BCUT2D eigenvalue weighted by Crippen LogP contribution is 2.02. The van der Waals surface area contributed by atoms with Crippen LogP contribution in [0.1, 0.15) is 25.7 Å². The zero-order valence-corrected chi connectivity index (χ0v) is 15.1. The summed E-state index contributed by atoms with van der Waals surface area (Å²) in [6.45, 7) is 0.144. The molecule has 0 aromatic carbocycles. The molecule has 158 valence electrons. The summed E-state index contributed by atoms with van der Waals surface area (Å²) in [4.78, 5) is 61.2. The van der Waals surface area contributed by atoms with E-state index in [4.69, 9.17) is 28.7 Å². The first-order chi connectivity index (χ1) is 12.9. The molecule has 4 amide bonds. The van der Waals surface area contributed by atoms with Gasteiger partial charge in [0.1, 0.15) is 12.1 Å². The Kier molecular flexibility index (Phi) is 10.6. The van der Waals surface area contributed by atoms with Crippen LogP contribution < -0.4 is 39.3 Å². The molecule has 0 saturated heterocycles. The van der Waals surface area contributed by atoms with Gasteiger partial charge in [-0.15, -0.1) is 0 Å². The summed E-state index contributed by atoms with van der Waals surface area (Å²) in [7, 11) is 0. The SMILES string of the molecule is NC(=O)CC(N)C(=O)NC(CC(N)=O)C(=O)NC(CCCN=C(N)N)C(=O)O. The Hall–Kier alpha value is -3.42. The van der Waals surface area contributed by atoms with Crippen LogP contribution in [0.15, 0.2) is 4.99 Å². The molecule has 0 aromatic rings. The molecular formula is C14H26N8O6. The minimum Gasteiger partial charge on any atom is -0.480 e. The number of nitrogens with one attached hydrogen (secondary N) is 2. The number of carbonyl (C=O) groups excluding carboxylic acids is 4. The van der Waals surface area contributed by atoms with Crippen molar-refractivity contribution in [3.8, 4) is 0 Å². The molecule has 0 saturated carbocycles. The second-order valence-electron chi connectivity index (χ2n) is 5.86. The second-order valence-corrected chi connectivity index (χ2v) is 5.86. The van der Waals surface area contributed by atoms with Crippen LogP contribution in [0.2, 0.25) is 0 Å². The highest BCUT2D eigenvalue weighted by atomic mass is 16.4. The molecule has 0 aliphatic carbocycles. The van der Waals surface area contributed by atoms with E-state index in [2.05, 4.69) is 15.6 Å². The number of carboxylic acid groups (broad SMARTS) is 1. The topological polar surface area (TPSA) is 272 Å². The Morgan fingerprint density at radius 3 is 1.86 bits per heavy atom. The molecule has 0 spiro atoms. The van der Waals surface area contributed by atoms with Gasteiger partial charge < -0.3 is 44.4 Å². The number of hydrogen-bond acceptors (Lipinski definition) is 7. The van der Waals surface area contributed by atoms with Crippen LogP contribution >= 0.6 is 0 Å². The smallest absolute Gasteiger partial charge is 0.326 e. The van der Waals surface area contributed by atoms with Crippen molar-refractivity contribution >= 4 is 35.6 Å². The van der Waals surface area contributed by atoms with E-state index >= 15 is 0 Å². The minimum atomic E-state index is -1.48. The largest absolute Gasteiger partial charge is 0.480 e. The van der Waals surface area contributed by atoms with Gasteiger partial charge in [0, 0.05) is 6.54 Å². The van der Waals surface area contributed by atoms with E-state index in [0.29, 0.717) is 0 Å². The standard InChI is InChI=1S/C14H26N8O6/c15-6(4-9(16)23)11(25)22-8(5-10(17)24)12(26)21-7(13(27)28)2-1-3-20-14(18)19/h6-8H,1-5,15H2,(H2,16,23)(H2,17,24)(H,21,26)(H,22,25)(H,27,28)(H4,18,19,20). The molecule has 0 radical (unpaired) electrons. The lowest BCUT2D eigenvalue weighted by molar-refractivity contribution is -0.142. The van der Waals surface area contributed by atoms with Gasteiger partial charge in [-0.05, 0) is 12.8 Å². The molecule has 0 aromatic heterocycles. The van der Waals surface area contributed by atoms with E-state index in [9.17, 15) is 29.1 Å². The third kappa shape index (κ3) is 10.5. The Morgan fingerprint density at radius 2 is 1.39 bits per heavy atom. The second kappa shape index (κ2) is 12.1. The van der Waals surface area contributed by atoms with Crippen molar-refractivity contribution in [1.29, 1.82) is 0 Å². The lowest BCUT2D eigenvalue weighted by Crippen LogP contribution is -2.55. The van der Waals surface area contributed by atoms with Crippen LogP contribution in [0.25, 0.3) is 0 Å². The summed E-state index contributed by atoms with van der Waals surface area (Å²) < 4.78 is 0. The van der Waals surface area contributed by atoms with E-state index in [-0.39, 0.29) is 25.3 Å². The molecular weight excluding hydrogens is 376 g/mol. The number of rotatable bonds is 13. The fourth-order valence-corrected chi connectivity index (χ4v) is 2.03. The fourth-order valence-electron chi connectivity index (χ4n) is 2.03. The average molecular weight is 402 g/mol. The van der Waals surface area contributed by atoms with Crippen LogP contribution in [0.5, 0.6) is 0 Å². The molecule has 0 bridgehead atoms. The predicted molar refractivity (Wildman–Crippen MR) is 97.0 cm³/mol. The van der Waals surface area contributed by atoms with Gasteiger partial charge in [0.25, 0.3) is 0 Å². The number of primary amides is 2. The number of carboxylic acids is 1. The van der Waals surface area contributed by atoms with Gasteiger partial charge in [-0.25, -0.2) is 4.79 Å². The Bertz CT molecular complexity index is 633. The number of carbonyl (C=O) groups is 5. The average Bonchev–Trinajstić information content (AvgIpc) is 2.55. The molecule has 0 aliphatic heterocycles. The summed E-state index contributed by atoms with van der Waals surface area (Å²) in [5.74, 6) is -5.17. The van der Waals surface area contributed by atoms with E-state index < -0.39 is 60.6 Å². The van der Waals surface area contributed by atoms with Crippen molar-refractivity contribution in [1.82, 2.24) is 10.6 Å². The normalized spacial score (nSPS) is 13.5. The maximum atomic E-state index is 12.3. The first kappa shape index (κ1) is 24.6. The third-order valence-corrected chi connectivity index (χ3v) is 3.36. The summed E-state index contributed by atoms with van der Waals surface area (Å²) >= 11 is 0. The summed E-state index contributed by atoms with van der Waals surface area (Å²) in [6.07, 6.45) is -0.873. The van der Waals surface area contributed by atoms with Crippen molar-refractivity contribution < 1.29 is 29.1 Å². The summed E-state index contributed by atoms with van der Waals surface area (Å²) in [5.41, 5.74) is 25.8. The molecule has 3 atom stereocenters. The molecule has 14 heteroatoms. The number of nitrogens with zero attached hydrogens (tertiary/aromatic N) is 1. The van der Waals surface area contributed by atoms with Gasteiger partial charge in [-0.2, -0.15) is 0 Å². The lowest BCUT2D eigenvalue weighted by Gasteiger charge is -2.21. The monoisotopic (exact) mass is 402 g/mol. The quantitative estimate of drug-likeness (QED) is 0.0831. The van der Waals surface area contributed by atoms with E-state index in [1.807, 2.05) is 0 Å². The fraction of sp³-hybridized carbons (Fsp3) is 0.571. The highest BCUT2D eigenvalue weighted by molar-refractivity contribution is 5.95. The number of aliphatic carboxylic acids is 1. The first-order valence-electron chi connectivity index (χ1n) is 8.15. The molecule has 28 heavy (non-hydrogen) atoms. The molecule has 14 nitrogen and oxygen atoms in total. The van der Waals surface area contributed by atoms with Crippen molar-refractivity contribution in [2.24, 2.45) is 33.7 Å². The molecule has 0 aliphatic rings. The van der Waals surface area contributed by atoms with Crippen LogP contribution in [0.4, 0.5) is 0 Å². The predicted octanol–water partition coefficient (Wildman–Crippen LogP) is -4.83. The maximum Gasteiger partial charge on any atom is 0.326 e. The number of amides is 4. The summed E-state index contributed by atoms with van der Waals surface area (Å²) in [6, 6.07) is -4.16. The molecule has 0 fully saturated rings. The highest BCUT2D eigenvalue weighted by Gasteiger charge is 2.29. The zero-order chi connectivity index (χ0) is 21.9. The van der Waals surface area contributed by atoms with Gasteiger partial charge in [0.15, 0.2) is 5.96 Å². The van der Waals surface area contributed by atoms with Crippen LogP contribution in [0.3, 0.4) is 0 Å². The Balaban J connectivity index is 5.02. The maximum absolute atomic E-state index is 12.3. The molecule has 3 unspecified atom stereocenters. The van der Waals surface area contributed by atoms with Gasteiger partial charge in [0.05, 0.1) is 18.9 Å². The number of aliphatic imine (C=N–C) groups is 1. The van der Waals surface area contributed by atoms with Crippen molar-refractivity contribution in [3.05, 3.63) is 0 Å². The lowest BCUT2D eigenvalue weighted by atomic mass is 10.1. The van der Waals surface area contributed by atoms with Gasteiger partial charge >= 0.3 is 5.97 Å². The number of guanidine groups is 1. The van der Waals surface area contributed by atoms with Gasteiger partial charge in [0.2, 0.25) is 23.6 Å².